The zero-order valence-electron chi connectivity index (χ0n) is 12.3. The predicted molar refractivity (Wildman–Crippen MR) is 73.8 cm³/mol. The van der Waals surface area contributed by atoms with Crippen LogP contribution in [0.2, 0.25) is 0 Å². The molecular weight excluding hydrogens is 244 g/mol. The van der Waals surface area contributed by atoms with Crippen LogP contribution in [0.1, 0.15) is 40.5 Å². The number of hydrogen-bond acceptors (Lipinski definition) is 3. The fourth-order valence-electron chi connectivity index (χ4n) is 2.58. The number of amides is 1. The molecule has 0 bridgehead atoms. The number of nitrogens with one attached hydrogen (secondary N) is 2. The van der Waals surface area contributed by atoms with Crippen molar-refractivity contribution in [1.82, 2.24) is 10.6 Å². The Labute approximate surface area is 115 Å². The maximum Gasteiger partial charge on any atom is 0.308 e. The lowest BCUT2D eigenvalue weighted by Gasteiger charge is -2.38. The maximum atomic E-state index is 12.2. The molecule has 0 aromatic carbocycles. The van der Waals surface area contributed by atoms with Gasteiger partial charge in [0.1, 0.15) is 0 Å². The van der Waals surface area contributed by atoms with E-state index in [9.17, 15) is 9.59 Å². The van der Waals surface area contributed by atoms with Crippen LogP contribution in [0.4, 0.5) is 0 Å². The summed E-state index contributed by atoms with van der Waals surface area (Å²) in [5.74, 6) is -1.47. The lowest BCUT2D eigenvalue weighted by molar-refractivity contribution is -0.143. The minimum atomic E-state index is -0.855. The van der Waals surface area contributed by atoms with Crippen LogP contribution < -0.4 is 10.6 Å². The quantitative estimate of drug-likeness (QED) is 0.702. The van der Waals surface area contributed by atoms with E-state index >= 15 is 0 Å². The summed E-state index contributed by atoms with van der Waals surface area (Å²) in [4.78, 5) is 23.3. The minimum Gasteiger partial charge on any atom is -0.481 e. The molecule has 1 heterocycles. The first-order valence-electron chi connectivity index (χ1n) is 6.99. The zero-order valence-corrected chi connectivity index (χ0v) is 12.3. The van der Waals surface area contributed by atoms with Crippen LogP contribution in [0.3, 0.4) is 0 Å². The molecule has 0 saturated carbocycles. The van der Waals surface area contributed by atoms with E-state index in [0.717, 1.165) is 19.4 Å². The molecule has 1 amide bonds. The third-order valence-electron chi connectivity index (χ3n) is 4.01. The van der Waals surface area contributed by atoms with Gasteiger partial charge in [-0.05, 0) is 30.7 Å². The first-order chi connectivity index (χ1) is 8.75. The summed E-state index contributed by atoms with van der Waals surface area (Å²) in [6, 6.07) is -0.233. The number of piperidine rings is 1. The van der Waals surface area contributed by atoms with Gasteiger partial charge in [0.25, 0.3) is 0 Å². The highest BCUT2D eigenvalue weighted by Crippen LogP contribution is 2.30. The summed E-state index contributed by atoms with van der Waals surface area (Å²) >= 11 is 0. The van der Waals surface area contributed by atoms with Crippen LogP contribution in [0.25, 0.3) is 0 Å². The molecule has 0 aromatic rings. The average molecular weight is 270 g/mol. The molecule has 0 radical (unpaired) electrons. The second-order valence-electron chi connectivity index (χ2n) is 6.41. The van der Waals surface area contributed by atoms with Crippen molar-refractivity contribution in [3.8, 4) is 0 Å². The molecule has 3 N–H and O–H groups in total. The summed E-state index contributed by atoms with van der Waals surface area (Å²) in [5.41, 5.74) is -0.0844. The van der Waals surface area contributed by atoms with Crippen LogP contribution >= 0.6 is 0 Å². The molecule has 1 saturated heterocycles. The van der Waals surface area contributed by atoms with Crippen LogP contribution in [0.5, 0.6) is 0 Å². The molecule has 19 heavy (non-hydrogen) atoms. The van der Waals surface area contributed by atoms with Gasteiger partial charge in [-0.1, -0.05) is 27.7 Å². The molecule has 1 fully saturated rings. The van der Waals surface area contributed by atoms with E-state index in [2.05, 4.69) is 24.5 Å². The monoisotopic (exact) mass is 270 g/mol. The molecule has 0 aromatic heterocycles. The van der Waals surface area contributed by atoms with Crippen LogP contribution in [0.15, 0.2) is 0 Å². The number of aliphatic carboxylic acids is 1. The summed E-state index contributed by atoms with van der Waals surface area (Å²) in [6.07, 6.45) is 2.07. The van der Waals surface area contributed by atoms with Crippen molar-refractivity contribution in [3.63, 3.8) is 0 Å². The molecule has 5 nitrogen and oxygen atoms in total. The van der Waals surface area contributed by atoms with Crippen molar-refractivity contribution in [2.75, 3.05) is 13.1 Å². The normalized spacial score (nSPS) is 23.9. The Morgan fingerprint density at radius 2 is 2.05 bits per heavy atom. The van der Waals surface area contributed by atoms with E-state index in [4.69, 9.17) is 5.11 Å². The van der Waals surface area contributed by atoms with Gasteiger partial charge in [0, 0.05) is 6.54 Å². The van der Waals surface area contributed by atoms with Crippen molar-refractivity contribution >= 4 is 11.9 Å². The van der Waals surface area contributed by atoms with Crippen molar-refractivity contribution in [2.45, 2.75) is 46.6 Å². The van der Waals surface area contributed by atoms with E-state index in [1.165, 1.54) is 0 Å². The summed E-state index contributed by atoms with van der Waals surface area (Å²) < 4.78 is 0. The minimum absolute atomic E-state index is 0.00475. The topological polar surface area (TPSA) is 78.4 Å². The number of carboxylic acid groups (broad SMARTS) is 1. The van der Waals surface area contributed by atoms with Gasteiger partial charge in [0.05, 0.1) is 12.0 Å². The SMILES string of the molecule is CC(C)C(CNC(=O)C1NCCCC1(C)C)C(=O)O. The summed E-state index contributed by atoms with van der Waals surface area (Å²) in [5, 5.41) is 15.1. The predicted octanol–water partition coefficient (Wildman–Crippen LogP) is 1.24. The van der Waals surface area contributed by atoms with Crippen LogP contribution in [-0.4, -0.2) is 36.1 Å². The highest BCUT2D eigenvalue weighted by atomic mass is 16.4. The standard InChI is InChI=1S/C14H26N2O3/c1-9(2)10(13(18)19)8-16-12(17)11-14(3,4)6-5-7-15-11/h9-11,15H,5-8H2,1-4H3,(H,16,17)(H,18,19). The highest BCUT2D eigenvalue weighted by molar-refractivity contribution is 5.83. The number of carboxylic acids is 1. The summed E-state index contributed by atoms with van der Waals surface area (Å²) in [7, 11) is 0. The Balaban J connectivity index is 2.57. The molecule has 5 heteroatoms. The molecular formula is C14H26N2O3. The second kappa shape index (κ2) is 6.37. The maximum absolute atomic E-state index is 12.2. The van der Waals surface area contributed by atoms with Crippen molar-refractivity contribution in [1.29, 1.82) is 0 Å². The fraction of sp³-hybridized carbons (Fsp3) is 0.857. The lowest BCUT2D eigenvalue weighted by Crippen LogP contribution is -2.56. The Hall–Kier alpha value is -1.10. The van der Waals surface area contributed by atoms with E-state index in [1.807, 2.05) is 13.8 Å². The van der Waals surface area contributed by atoms with Gasteiger partial charge in [0.15, 0.2) is 0 Å². The van der Waals surface area contributed by atoms with E-state index in [1.54, 1.807) is 0 Å². The van der Waals surface area contributed by atoms with Crippen LogP contribution in [-0.2, 0) is 9.59 Å². The first-order valence-corrected chi connectivity index (χ1v) is 6.99. The average Bonchev–Trinajstić information content (AvgIpc) is 2.27. The Morgan fingerprint density at radius 1 is 1.42 bits per heavy atom. The smallest absolute Gasteiger partial charge is 0.308 e. The van der Waals surface area contributed by atoms with E-state index in [0.29, 0.717) is 0 Å². The van der Waals surface area contributed by atoms with Crippen molar-refractivity contribution < 1.29 is 14.7 Å². The van der Waals surface area contributed by atoms with Crippen LogP contribution in [0, 0.1) is 17.3 Å². The zero-order chi connectivity index (χ0) is 14.6. The Bertz CT molecular complexity index is 340. The largest absolute Gasteiger partial charge is 0.481 e. The van der Waals surface area contributed by atoms with Gasteiger partial charge < -0.3 is 15.7 Å². The molecule has 1 aliphatic rings. The molecule has 2 atom stereocenters. The molecule has 1 aliphatic heterocycles. The van der Waals surface area contributed by atoms with Gasteiger partial charge >= 0.3 is 5.97 Å². The molecule has 0 aliphatic carbocycles. The van der Waals surface area contributed by atoms with Gasteiger partial charge in [-0.15, -0.1) is 0 Å². The van der Waals surface area contributed by atoms with Gasteiger partial charge in [0.2, 0.25) is 5.91 Å². The molecule has 110 valence electrons. The first kappa shape index (κ1) is 16.0. The molecule has 2 unspecified atom stereocenters. The number of hydrogen-bond donors (Lipinski definition) is 3. The highest BCUT2D eigenvalue weighted by Gasteiger charge is 2.37. The molecule has 0 spiro atoms. The number of rotatable bonds is 5. The van der Waals surface area contributed by atoms with E-state index in [-0.39, 0.29) is 29.8 Å². The van der Waals surface area contributed by atoms with Gasteiger partial charge in [-0.25, -0.2) is 0 Å². The summed E-state index contributed by atoms with van der Waals surface area (Å²) in [6.45, 7) is 8.89. The fourth-order valence-corrected chi connectivity index (χ4v) is 2.58. The van der Waals surface area contributed by atoms with Crippen molar-refractivity contribution in [2.24, 2.45) is 17.3 Å². The van der Waals surface area contributed by atoms with Gasteiger partial charge in [-0.2, -0.15) is 0 Å². The second-order valence-corrected chi connectivity index (χ2v) is 6.41. The number of carbonyl (C=O) groups is 2. The van der Waals surface area contributed by atoms with Gasteiger partial charge in [-0.3, -0.25) is 9.59 Å². The number of carbonyl (C=O) groups excluding carboxylic acids is 1. The third kappa shape index (κ3) is 4.20. The third-order valence-corrected chi connectivity index (χ3v) is 4.01. The van der Waals surface area contributed by atoms with E-state index < -0.39 is 11.9 Å². The lowest BCUT2D eigenvalue weighted by atomic mass is 9.77. The molecule has 1 rings (SSSR count). The Kier molecular flexibility index (Phi) is 5.35. The Morgan fingerprint density at radius 3 is 2.53 bits per heavy atom. The van der Waals surface area contributed by atoms with Crippen molar-refractivity contribution in [3.05, 3.63) is 0 Å².